The van der Waals surface area contributed by atoms with Crippen LogP contribution >= 0.6 is 0 Å². The molecule has 0 aromatic carbocycles. The lowest BCUT2D eigenvalue weighted by Crippen LogP contribution is -2.23. The average molecular weight is 268 g/mol. The summed E-state index contributed by atoms with van der Waals surface area (Å²) < 4.78 is 26.7. The van der Waals surface area contributed by atoms with E-state index in [1.165, 1.54) is 12.3 Å². The van der Waals surface area contributed by atoms with Crippen molar-refractivity contribution in [1.82, 2.24) is 9.71 Å². The summed E-state index contributed by atoms with van der Waals surface area (Å²) in [6, 6.07) is 3.15. The van der Waals surface area contributed by atoms with Crippen LogP contribution in [0.4, 0.5) is 0 Å². The van der Waals surface area contributed by atoms with E-state index in [0.29, 0.717) is 0 Å². The van der Waals surface area contributed by atoms with Crippen LogP contribution in [0.2, 0.25) is 0 Å². The average Bonchev–Trinajstić information content (AvgIpc) is 2.38. The first kappa shape index (κ1) is 14.7. The Morgan fingerprint density at radius 1 is 1.44 bits per heavy atom. The molecule has 1 N–H and O–H groups in total. The van der Waals surface area contributed by atoms with Crippen molar-refractivity contribution in [2.45, 2.75) is 44.4 Å². The smallest absolute Gasteiger partial charge is 0.263 e. The van der Waals surface area contributed by atoms with E-state index in [9.17, 15) is 8.42 Å². The first-order valence-corrected chi connectivity index (χ1v) is 7.66. The van der Waals surface area contributed by atoms with Crippen LogP contribution in [0, 0.1) is 0 Å². The molecule has 0 fully saturated rings. The number of nitrogens with one attached hydrogen (secondary N) is 1. The molecule has 18 heavy (non-hydrogen) atoms. The van der Waals surface area contributed by atoms with E-state index in [2.05, 4.69) is 16.6 Å². The first-order chi connectivity index (χ1) is 8.60. The molecule has 0 amide bonds. The molecule has 0 atom stereocenters. The summed E-state index contributed by atoms with van der Waals surface area (Å²) in [6.45, 7) is 3.96. The zero-order chi connectivity index (χ0) is 13.4. The lowest BCUT2D eigenvalue weighted by atomic mass is 10.2. The van der Waals surface area contributed by atoms with Gasteiger partial charge in [-0.15, -0.1) is 0 Å². The number of hydrogen-bond donors (Lipinski definition) is 1. The quantitative estimate of drug-likeness (QED) is 0.774. The van der Waals surface area contributed by atoms with Crippen LogP contribution in [0.15, 0.2) is 41.2 Å². The molecule has 0 saturated heterocycles. The van der Waals surface area contributed by atoms with E-state index in [1.54, 1.807) is 12.3 Å². The molecule has 5 heteroatoms. The Balaban J connectivity index is 2.70. The third kappa shape index (κ3) is 4.49. The van der Waals surface area contributed by atoms with E-state index in [1.807, 2.05) is 13.0 Å². The second-order valence-electron chi connectivity index (χ2n) is 4.07. The Kier molecular flexibility index (Phi) is 5.85. The molecule has 4 nitrogen and oxygen atoms in total. The number of pyridine rings is 1. The van der Waals surface area contributed by atoms with E-state index in [0.717, 1.165) is 31.4 Å². The highest BCUT2D eigenvalue weighted by atomic mass is 32.2. The van der Waals surface area contributed by atoms with Crippen LogP contribution in [-0.4, -0.2) is 13.4 Å². The number of allylic oxidation sites excluding steroid dienone is 2. The second-order valence-corrected chi connectivity index (χ2v) is 5.75. The minimum absolute atomic E-state index is 0.194. The third-order valence-corrected chi connectivity index (χ3v) is 4.00. The van der Waals surface area contributed by atoms with Crippen LogP contribution in [-0.2, 0) is 10.0 Å². The largest absolute Gasteiger partial charge is 0.284 e. The van der Waals surface area contributed by atoms with Gasteiger partial charge in [0.25, 0.3) is 10.0 Å². The summed E-state index contributed by atoms with van der Waals surface area (Å²) in [5.74, 6) is 0. The molecular formula is C13H20N2O2S. The molecular weight excluding hydrogens is 248 g/mol. The Labute approximate surface area is 109 Å². The van der Waals surface area contributed by atoms with E-state index >= 15 is 0 Å². The topological polar surface area (TPSA) is 59.1 Å². The normalized spacial score (nSPS) is 12.4. The minimum atomic E-state index is -3.49. The van der Waals surface area contributed by atoms with Crippen molar-refractivity contribution in [3.05, 3.63) is 36.3 Å². The van der Waals surface area contributed by atoms with Gasteiger partial charge in [-0.3, -0.25) is 9.71 Å². The van der Waals surface area contributed by atoms with Gasteiger partial charge in [-0.05, 0) is 31.9 Å². The molecule has 1 heterocycles. The molecule has 0 aliphatic rings. The van der Waals surface area contributed by atoms with Gasteiger partial charge in [-0.2, -0.15) is 0 Å². The lowest BCUT2D eigenvalue weighted by molar-refractivity contribution is 0.584. The summed E-state index contributed by atoms with van der Waals surface area (Å²) in [5.41, 5.74) is 0.743. The van der Waals surface area contributed by atoms with Crippen LogP contribution in [0.3, 0.4) is 0 Å². The standard InChI is InChI=1S/C13H20N2O2S/c1-3-5-6-8-12(4-2)15-18(16,17)13-9-7-10-14-11-13/h4,7,9-11,15H,3,5-6,8H2,1-2H3. The van der Waals surface area contributed by atoms with Crippen LogP contribution in [0.5, 0.6) is 0 Å². The van der Waals surface area contributed by atoms with Crippen molar-refractivity contribution in [1.29, 1.82) is 0 Å². The van der Waals surface area contributed by atoms with Crippen molar-refractivity contribution < 1.29 is 8.42 Å². The highest BCUT2D eigenvalue weighted by Crippen LogP contribution is 2.12. The van der Waals surface area contributed by atoms with E-state index in [-0.39, 0.29) is 4.90 Å². The van der Waals surface area contributed by atoms with Gasteiger partial charge in [0.1, 0.15) is 4.90 Å². The van der Waals surface area contributed by atoms with Crippen molar-refractivity contribution in [2.75, 3.05) is 0 Å². The Hall–Kier alpha value is -1.36. The highest BCUT2D eigenvalue weighted by molar-refractivity contribution is 7.89. The predicted octanol–water partition coefficient (Wildman–Crippen LogP) is 2.84. The van der Waals surface area contributed by atoms with Gasteiger partial charge in [-0.1, -0.05) is 25.8 Å². The molecule has 1 aromatic rings. The predicted molar refractivity (Wildman–Crippen MR) is 72.5 cm³/mol. The zero-order valence-electron chi connectivity index (χ0n) is 10.9. The minimum Gasteiger partial charge on any atom is -0.284 e. The molecule has 100 valence electrons. The number of nitrogens with zero attached hydrogens (tertiary/aromatic N) is 1. The summed E-state index contributed by atoms with van der Waals surface area (Å²) >= 11 is 0. The van der Waals surface area contributed by atoms with Gasteiger partial charge in [0, 0.05) is 18.1 Å². The van der Waals surface area contributed by atoms with Gasteiger partial charge >= 0.3 is 0 Å². The number of rotatable bonds is 7. The Bertz CT molecular complexity index is 481. The van der Waals surface area contributed by atoms with E-state index in [4.69, 9.17) is 0 Å². The van der Waals surface area contributed by atoms with Gasteiger partial charge < -0.3 is 0 Å². The van der Waals surface area contributed by atoms with Crippen molar-refractivity contribution in [2.24, 2.45) is 0 Å². The van der Waals surface area contributed by atoms with Crippen molar-refractivity contribution >= 4 is 10.0 Å². The maximum absolute atomic E-state index is 12.0. The van der Waals surface area contributed by atoms with Gasteiger partial charge in [0.15, 0.2) is 0 Å². The van der Waals surface area contributed by atoms with Crippen LogP contribution in [0.25, 0.3) is 0 Å². The molecule has 0 unspecified atom stereocenters. The summed E-state index contributed by atoms with van der Waals surface area (Å²) in [6.07, 6.45) is 8.68. The highest BCUT2D eigenvalue weighted by Gasteiger charge is 2.14. The number of aromatic nitrogens is 1. The zero-order valence-corrected chi connectivity index (χ0v) is 11.7. The van der Waals surface area contributed by atoms with Crippen molar-refractivity contribution in [3.8, 4) is 0 Å². The van der Waals surface area contributed by atoms with E-state index < -0.39 is 10.0 Å². The molecule has 0 bridgehead atoms. The fraction of sp³-hybridized carbons (Fsp3) is 0.462. The molecule has 1 aromatic heterocycles. The fourth-order valence-electron chi connectivity index (χ4n) is 1.56. The summed E-state index contributed by atoms with van der Waals surface area (Å²) in [5, 5.41) is 0. The van der Waals surface area contributed by atoms with Crippen LogP contribution < -0.4 is 4.72 Å². The molecule has 0 saturated carbocycles. The Morgan fingerprint density at radius 2 is 2.22 bits per heavy atom. The molecule has 1 rings (SSSR count). The van der Waals surface area contributed by atoms with Crippen molar-refractivity contribution in [3.63, 3.8) is 0 Å². The Morgan fingerprint density at radius 3 is 2.78 bits per heavy atom. The maximum atomic E-state index is 12.0. The lowest BCUT2D eigenvalue weighted by Gasteiger charge is -2.11. The molecule has 0 aliphatic carbocycles. The monoisotopic (exact) mass is 268 g/mol. The van der Waals surface area contributed by atoms with Crippen LogP contribution in [0.1, 0.15) is 39.5 Å². The maximum Gasteiger partial charge on any atom is 0.263 e. The fourth-order valence-corrected chi connectivity index (χ4v) is 2.70. The first-order valence-electron chi connectivity index (χ1n) is 6.18. The number of hydrogen-bond acceptors (Lipinski definition) is 3. The number of sulfonamides is 1. The molecule has 0 aliphatic heterocycles. The SMILES string of the molecule is CC=C(CCCCC)NS(=O)(=O)c1cccnc1. The summed E-state index contributed by atoms with van der Waals surface area (Å²) in [4.78, 5) is 4.02. The van der Waals surface area contributed by atoms with Gasteiger partial charge in [-0.25, -0.2) is 8.42 Å². The van der Waals surface area contributed by atoms with Gasteiger partial charge in [0.05, 0.1) is 0 Å². The molecule has 0 spiro atoms. The summed E-state index contributed by atoms with van der Waals surface area (Å²) in [7, 11) is -3.49. The van der Waals surface area contributed by atoms with Gasteiger partial charge in [0.2, 0.25) is 0 Å². The second kappa shape index (κ2) is 7.16. The third-order valence-electron chi connectivity index (χ3n) is 2.61. The number of unbranched alkanes of at least 4 members (excludes halogenated alkanes) is 2. The molecule has 0 radical (unpaired) electrons.